The number of oxazole rings is 1. The minimum absolute atomic E-state index is 0.130. The lowest BCUT2D eigenvalue weighted by atomic mass is 10.1. The Morgan fingerprint density at radius 3 is 2.42 bits per heavy atom. The van der Waals surface area contributed by atoms with E-state index in [0.717, 1.165) is 29.0 Å². The Balaban J connectivity index is 1.45. The second-order valence-corrected chi connectivity index (χ2v) is 7.89. The number of nitrogens with zero attached hydrogens (tertiary/aromatic N) is 4. The molecule has 0 saturated carbocycles. The van der Waals surface area contributed by atoms with E-state index in [1.807, 2.05) is 49.4 Å². The van der Waals surface area contributed by atoms with Gasteiger partial charge in [-0.15, -0.1) is 0 Å². The third-order valence-corrected chi connectivity index (χ3v) is 5.81. The summed E-state index contributed by atoms with van der Waals surface area (Å²) in [5.74, 6) is 1.96. The smallest absolute Gasteiger partial charge is 0.276 e. The highest BCUT2D eigenvalue weighted by atomic mass is 16.5. The summed E-state index contributed by atoms with van der Waals surface area (Å²) >= 11 is 0. The lowest BCUT2D eigenvalue weighted by Crippen LogP contribution is -2.22. The molecule has 7 nitrogen and oxygen atoms in total. The first kappa shape index (κ1) is 20.8. The maximum atomic E-state index is 13.2. The number of aryl methyl sites for hydroxylation is 2. The van der Waals surface area contributed by atoms with Crippen molar-refractivity contribution < 1.29 is 9.15 Å². The van der Waals surface area contributed by atoms with E-state index >= 15 is 0 Å². The van der Waals surface area contributed by atoms with Gasteiger partial charge in [-0.2, -0.15) is 5.10 Å². The second kappa shape index (κ2) is 8.43. The predicted molar refractivity (Wildman–Crippen MR) is 127 cm³/mol. The fourth-order valence-corrected chi connectivity index (χ4v) is 3.80. The van der Waals surface area contributed by atoms with Crippen LogP contribution in [0.3, 0.4) is 0 Å². The molecule has 0 aliphatic carbocycles. The molecule has 166 valence electrons. The molecule has 0 saturated heterocycles. The lowest BCUT2D eigenvalue weighted by Gasteiger charge is -2.04. The monoisotopic (exact) mass is 440 g/mol. The number of ether oxygens (including phenoxy) is 1. The van der Waals surface area contributed by atoms with Gasteiger partial charge in [0.05, 0.1) is 19.3 Å². The van der Waals surface area contributed by atoms with Crippen LogP contribution in [0, 0.1) is 6.92 Å². The average molecular weight is 441 g/mol. The Labute approximate surface area is 190 Å². The van der Waals surface area contributed by atoms with E-state index in [0.29, 0.717) is 29.4 Å². The fraction of sp³-hybridized carbons (Fsp3) is 0.192. The van der Waals surface area contributed by atoms with Crippen molar-refractivity contribution in [2.45, 2.75) is 26.8 Å². The van der Waals surface area contributed by atoms with Gasteiger partial charge in [-0.25, -0.2) is 9.50 Å². The third kappa shape index (κ3) is 3.93. The normalized spacial score (nSPS) is 11.2. The lowest BCUT2D eigenvalue weighted by molar-refractivity contribution is 0.415. The van der Waals surface area contributed by atoms with Gasteiger partial charge in [-0.1, -0.05) is 31.2 Å². The van der Waals surface area contributed by atoms with Gasteiger partial charge >= 0.3 is 0 Å². The summed E-state index contributed by atoms with van der Waals surface area (Å²) in [5.41, 5.74) is 4.97. The van der Waals surface area contributed by atoms with Crippen LogP contribution < -0.4 is 10.3 Å². The number of aromatic nitrogens is 4. The van der Waals surface area contributed by atoms with Crippen molar-refractivity contribution in [1.29, 1.82) is 0 Å². The zero-order chi connectivity index (χ0) is 22.9. The van der Waals surface area contributed by atoms with Crippen molar-refractivity contribution in [2.24, 2.45) is 0 Å². The molecule has 2 aromatic carbocycles. The highest BCUT2D eigenvalue weighted by Gasteiger charge is 2.15. The number of hydrogen-bond acceptors (Lipinski definition) is 5. The highest BCUT2D eigenvalue weighted by molar-refractivity contribution is 5.65. The van der Waals surface area contributed by atoms with Crippen LogP contribution in [0.4, 0.5) is 0 Å². The third-order valence-electron chi connectivity index (χ3n) is 5.81. The van der Waals surface area contributed by atoms with Crippen molar-refractivity contribution in [2.75, 3.05) is 7.11 Å². The maximum absolute atomic E-state index is 13.2. The van der Waals surface area contributed by atoms with Crippen LogP contribution in [0.15, 0.2) is 76.2 Å². The standard InChI is InChI=1S/C26H24N4O3/c1-4-18-5-7-19(8-6-18)22-15-24-26(31)29(13-14-30(24)28-22)16-23-17(2)33-25(27-23)20-9-11-21(32-3)12-10-20/h5-15H,4,16H2,1-3H3. The van der Waals surface area contributed by atoms with Crippen LogP contribution in [0.2, 0.25) is 0 Å². The van der Waals surface area contributed by atoms with Gasteiger partial charge in [-0.3, -0.25) is 4.79 Å². The topological polar surface area (TPSA) is 74.6 Å². The molecule has 0 aliphatic heterocycles. The molecular formula is C26H24N4O3. The zero-order valence-corrected chi connectivity index (χ0v) is 18.8. The van der Waals surface area contributed by atoms with E-state index in [4.69, 9.17) is 9.15 Å². The van der Waals surface area contributed by atoms with Crippen LogP contribution in [-0.4, -0.2) is 26.3 Å². The van der Waals surface area contributed by atoms with Crippen molar-refractivity contribution in [3.63, 3.8) is 0 Å². The van der Waals surface area contributed by atoms with Crippen molar-refractivity contribution in [3.8, 4) is 28.5 Å². The first-order valence-electron chi connectivity index (χ1n) is 10.8. The SMILES string of the molecule is CCc1ccc(-c2cc3c(=O)n(Cc4nc(-c5ccc(OC)cc5)oc4C)ccn3n2)cc1. The molecule has 0 aliphatic rings. The molecule has 0 bridgehead atoms. The maximum Gasteiger partial charge on any atom is 0.276 e. The molecule has 0 fully saturated rings. The Morgan fingerprint density at radius 2 is 1.73 bits per heavy atom. The van der Waals surface area contributed by atoms with Gasteiger partial charge < -0.3 is 13.7 Å². The number of methoxy groups -OCH3 is 1. The number of rotatable bonds is 6. The molecule has 0 atom stereocenters. The van der Waals surface area contributed by atoms with Crippen molar-refractivity contribution in [1.82, 2.24) is 19.2 Å². The van der Waals surface area contributed by atoms with E-state index in [1.54, 1.807) is 28.6 Å². The van der Waals surface area contributed by atoms with Crippen LogP contribution in [-0.2, 0) is 13.0 Å². The summed E-state index contributed by atoms with van der Waals surface area (Å²) in [5, 5.41) is 4.58. The minimum atomic E-state index is -0.130. The largest absolute Gasteiger partial charge is 0.497 e. The molecule has 0 N–H and O–H groups in total. The number of fused-ring (bicyclic) bond motifs is 1. The Hall–Kier alpha value is -4.13. The minimum Gasteiger partial charge on any atom is -0.497 e. The van der Waals surface area contributed by atoms with Crippen molar-refractivity contribution in [3.05, 3.63) is 94.4 Å². The summed E-state index contributed by atoms with van der Waals surface area (Å²) in [6, 6.07) is 17.6. The summed E-state index contributed by atoms with van der Waals surface area (Å²) in [7, 11) is 1.63. The summed E-state index contributed by atoms with van der Waals surface area (Å²) in [4.78, 5) is 17.8. The van der Waals surface area contributed by atoms with Crippen LogP contribution >= 0.6 is 0 Å². The van der Waals surface area contributed by atoms with E-state index in [-0.39, 0.29) is 5.56 Å². The van der Waals surface area contributed by atoms with Gasteiger partial charge in [0, 0.05) is 23.5 Å². The quantitative estimate of drug-likeness (QED) is 0.381. The molecule has 0 unspecified atom stereocenters. The number of hydrogen-bond donors (Lipinski definition) is 0. The molecule has 0 amide bonds. The van der Waals surface area contributed by atoms with E-state index in [2.05, 4.69) is 29.1 Å². The molecule has 0 spiro atoms. The van der Waals surface area contributed by atoms with Crippen LogP contribution in [0.25, 0.3) is 28.2 Å². The Bertz CT molecular complexity index is 1480. The summed E-state index contributed by atoms with van der Waals surface area (Å²) in [6.45, 7) is 4.29. The van der Waals surface area contributed by atoms with Gasteiger partial charge in [0.1, 0.15) is 22.7 Å². The van der Waals surface area contributed by atoms with Gasteiger partial charge in [0.2, 0.25) is 5.89 Å². The summed E-state index contributed by atoms with van der Waals surface area (Å²) < 4.78 is 14.3. The predicted octanol–water partition coefficient (Wildman–Crippen LogP) is 4.75. The first-order valence-corrected chi connectivity index (χ1v) is 10.8. The van der Waals surface area contributed by atoms with Gasteiger partial charge in [0.25, 0.3) is 5.56 Å². The summed E-state index contributed by atoms with van der Waals surface area (Å²) in [6.07, 6.45) is 4.51. The molecule has 5 rings (SSSR count). The van der Waals surface area contributed by atoms with E-state index < -0.39 is 0 Å². The van der Waals surface area contributed by atoms with E-state index in [9.17, 15) is 4.79 Å². The molecule has 3 aromatic heterocycles. The van der Waals surface area contributed by atoms with Crippen molar-refractivity contribution >= 4 is 5.52 Å². The molecule has 7 heteroatoms. The number of benzene rings is 2. The van der Waals surface area contributed by atoms with Gasteiger partial charge in [0.15, 0.2) is 0 Å². The van der Waals surface area contributed by atoms with Gasteiger partial charge in [-0.05, 0) is 49.2 Å². The molecule has 33 heavy (non-hydrogen) atoms. The van der Waals surface area contributed by atoms with Crippen LogP contribution in [0.5, 0.6) is 5.75 Å². The fourth-order valence-electron chi connectivity index (χ4n) is 3.80. The molecule has 3 heterocycles. The molecule has 5 aromatic rings. The highest BCUT2D eigenvalue weighted by Crippen LogP contribution is 2.24. The average Bonchev–Trinajstić information content (AvgIpc) is 3.45. The van der Waals surface area contributed by atoms with Crippen LogP contribution in [0.1, 0.15) is 23.9 Å². The zero-order valence-electron chi connectivity index (χ0n) is 18.8. The van der Waals surface area contributed by atoms with E-state index in [1.165, 1.54) is 5.56 Å². The first-order chi connectivity index (χ1) is 16.1. The molecule has 0 radical (unpaired) electrons. The second-order valence-electron chi connectivity index (χ2n) is 7.89. The Morgan fingerprint density at radius 1 is 1.00 bits per heavy atom. The molecular weight excluding hydrogens is 416 g/mol. The Kier molecular flexibility index (Phi) is 5.30.